The van der Waals surface area contributed by atoms with Gasteiger partial charge in [-0.1, -0.05) is 29.3 Å². The molecule has 2 nitrogen and oxygen atoms in total. The SMILES string of the molecule is COc1ccc(C)cc1-c1ccc(Cl)c2c1CCNC2. The van der Waals surface area contributed by atoms with Crippen LogP contribution in [0.2, 0.25) is 5.02 Å². The maximum absolute atomic E-state index is 6.34. The van der Waals surface area contributed by atoms with Crippen LogP contribution >= 0.6 is 11.6 Å². The third-order valence-electron chi connectivity index (χ3n) is 3.87. The lowest BCUT2D eigenvalue weighted by Gasteiger charge is -2.23. The summed E-state index contributed by atoms with van der Waals surface area (Å²) < 4.78 is 5.53. The molecule has 1 aliphatic heterocycles. The molecular weight excluding hydrogens is 270 g/mol. The predicted molar refractivity (Wildman–Crippen MR) is 83.6 cm³/mol. The number of hydrogen-bond acceptors (Lipinski definition) is 2. The molecule has 3 heteroatoms. The topological polar surface area (TPSA) is 21.3 Å². The molecule has 1 N–H and O–H groups in total. The van der Waals surface area contributed by atoms with Crippen molar-refractivity contribution in [1.29, 1.82) is 0 Å². The number of halogens is 1. The summed E-state index contributed by atoms with van der Waals surface area (Å²) in [7, 11) is 1.72. The lowest BCUT2D eigenvalue weighted by molar-refractivity contribution is 0.416. The van der Waals surface area contributed by atoms with Crippen molar-refractivity contribution >= 4 is 11.6 Å². The summed E-state index contributed by atoms with van der Waals surface area (Å²) in [6.07, 6.45) is 1.00. The summed E-state index contributed by atoms with van der Waals surface area (Å²) in [6.45, 7) is 3.94. The lowest BCUT2D eigenvalue weighted by atomic mass is 9.90. The van der Waals surface area contributed by atoms with Crippen LogP contribution in [0.25, 0.3) is 11.1 Å². The zero-order valence-corrected chi connectivity index (χ0v) is 12.6. The molecule has 0 unspecified atom stereocenters. The van der Waals surface area contributed by atoms with Crippen LogP contribution in [0.1, 0.15) is 16.7 Å². The molecule has 1 aliphatic rings. The molecule has 20 heavy (non-hydrogen) atoms. The van der Waals surface area contributed by atoms with Crippen LogP contribution in [0.5, 0.6) is 5.75 Å². The second-order valence-electron chi connectivity index (χ2n) is 5.18. The van der Waals surface area contributed by atoms with Gasteiger partial charge in [-0.25, -0.2) is 0 Å². The van der Waals surface area contributed by atoms with E-state index in [1.807, 2.05) is 12.1 Å². The normalized spacial score (nSPS) is 13.9. The Morgan fingerprint density at radius 1 is 1.10 bits per heavy atom. The van der Waals surface area contributed by atoms with E-state index in [2.05, 4.69) is 30.4 Å². The first kappa shape index (κ1) is 13.5. The van der Waals surface area contributed by atoms with Gasteiger partial charge in [-0.2, -0.15) is 0 Å². The number of rotatable bonds is 2. The fourth-order valence-corrected chi connectivity index (χ4v) is 3.10. The van der Waals surface area contributed by atoms with Gasteiger partial charge in [0.15, 0.2) is 0 Å². The van der Waals surface area contributed by atoms with E-state index in [9.17, 15) is 0 Å². The average molecular weight is 288 g/mol. The van der Waals surface area contributed by atoms with Crippen molar-refractivity contribution in [3.05, 3.63) is 52.0 Å². The monoisotopic (exact) mass is 287 g/mol. The molecule has 2 aromatic rings. The van der Waals surface area contributed by atoms with Gasteiger partial charge in [0.2, 0.25) is 0 Å². The molecule has 0 bridgehead atoms. The van der Waals surface area contributed by atoms with Gasteiger partial charge >= 0.3 is 0 Å². The Bertz CT molecular complexity index is 652. The molecule has 0 spiro atoms. The number of benzene rings is 2. The van der Waals surface area contributed by atoms with Crippen molar-refractivity contribution in [2.45, 2.75) is 19.9 Å². The van der Waals surface area contributed by atoms with Crippen LogP contribution in [0, 0.1) is 6.92 Å². The molecule has 2 aromatic carbocycles. The van der Waals surface area contributed by atoms with Crippen molar-refractivity contribution in [2.75, 3.05) is 13.7 Å². The zero-order chi connectivity index (χ0) is 14.1. The van der Waals surface area contributed by atoms with E-state index >= 15 is 0 Å². The standard InChI is InChI=1S/C17H18ClNO/c1-11-3-6-17(20-2)14(9-11)12-4-5-16(18)15-10-19-8-7-13(12)15/h3-6,9,19H,7-8,10H2,1-2H3. The van der Waals surface area contributed by atoms with Crippen molar-refractivity contribution in [3.63, 3.8) is 0 Å². The molecule has 0 aliphatic carbocycles. The fraction of sp³-hybridized carbons (Fsp3) is 0.294. The van der Waals surface area contributed by atoms with Gasteiger partial charge in [-0.05, 0) is 54.8 Å². The van der Waals surface area contributed by atoms with Crippen molar-refractivity contribution in [2.24, 2.45) is 0 Å². The average Bonchev–Trinajstić information content (AvgIpc) is 2.48. The quantitative estimate of drug-likeness (QED) is 0.902. The maximum atomic E-state index is 6.34. The van der Waals surface area contributed by atoms with Gasteiger partial charge in [-0.15, -0.1) is 0 Å². The van der Waals surface area contributed by atoms with Crippen LogP contribution in [0.15, 0.2) is 30.3 Å². The first-order valence-corrected chi connectivity index (χ1v) is 7.24. The number of nitrogens with one attached hydrogen (secondary N) is 1. The van der Waals surface area contributed by atoms with Crippen LogP contribution in [-0.4, -0.2) is 13.7 Å². The van der Waals surface area contributed by atoms with Gasteiger partial charge in [0.25, 0.3) is 0 Å². The van der Waals surface area contributed by atoms with Crippen molar-refractivity contribution in [1.82, 2.24) is 5.32 Å². The molecule has 104 valence electrons. The Morgan fingerprint density at radius 3 is 2.75 bits per heavy atom. The first-order valence-electron chi connectivity index (χ1n) is 6.86. The maximum Gasteiger partial charge on any atom is 0.126 e. The minimum atomic E-state index is 0.843. The third-order valence-corrected chi connectivity index (χ3v) is 4.23. The summed E-state index contributed by atoms with van der Waals surface area (Å²) >= 11 is 6.34. The Morgan fingerprint density at radius 2 is 1.95 bits per heavy atom. The molecule has 1 heterocycles. The zero-order valence-electron chi connectivity index (χ0n) is 11.8. The highest BCUT2D eigenvalue weighted by Gasteiger charge is 2.18. The number of aryl methyl sites for hydroxylation is 1. The first-order chi connectivity index (χ1) is 9.70. The smallest absolute Gasteiger partial charge is 0.126 e. The Balaban J connectivity index is 2.22. The minimum Gasteiger partial charge on any atom is -0.496 e. The van der Waals surface area contributed by atoms with Gasteiger partial charge in [0.05, 0.1) is 7.11 Å². The van der Waals surface area contributed by atoms with Crippen LogP contribution in [0.4, 0.5) is 0 Å². The highest BCUT2D eigenvalue weighted by molar-refractivity contribution is 6.31. The summed E-state index contributed by atoms with van der Waals surface area (Å²) in [5, 5.41) is 4.23. The van der Waals surface area contributed by atoms with E-state index in [4.69, 9.17) is 16.3 Å². The molecule has 0 radical (unpaired) electrons. The second kappa shape index (κ2) is 5.47. The number of hydrogen-bond donors (Lipinski definition) is 1. The molecule has 0 atom stereocenters. The largest absolute Gasteiger partial charge is 0.496 e. The molecule has 3 rings (SSSR count). The van der Waals surface area contributed by atoms with E-state index in [0.29, 0.717) is 0 Å². The van der Waals surface area contributed by atoms with Crippen molar-refractivity contribution < 1.29 is 4.74 Å². The Hall–Kier alpha value is -1.51. The van der Waals surface area contributed by atoms with Crippen LogP contribution < -0.4 is 10.1 Å². The fourth-order valence-electron chi connectivity index (χ4n) is 2.85. The summed E-state index contributed by atoms with van der Waals surface area (Å²) in [4.78, 5) is 0. The second-order valence-corrected chi connectivity index (χ2v) is 5.59. The summed E-state index contributed by atoms with van der Waals surface area (Å²) in [5.41, 5.74) is 6.20. The van der Waals surface area contributed by atoms with Gasteiger partial charge < -0.3 is 10.1 Å². The number of methoxy groups -OCH3 is 1. The highest BCUT2D eigenvalue weighted by atomic mass is 35.5. The molecule has 0 fully saturated rings. The van der Waals surface area contributed by atoms with E-state index < -0.39 is 0 Å². The summed E-state index contributed by atoms with van der Waals surface area (Å²) in [6, 6.07) is 10.4. The number of ether oxygens (including phenoxy) is 1. The minimum absolute atomic E-state index is 0.843. The third kappa shape index (κ3) is 2.30. The molecule has 0 saturated carbocycles. The summed E-state index contributed by atoms with van der Waals surface area (Å²) in [5.74, 6) is 0.915. The van der Waals surface area contributed by atoms with E-state index in [1.54, 1.807) is 7.11 Å². The molecular formula is C17H18ClNO. The van der Waals surface area contributed by atoms with E-state index in [0.717, 1.165) is 35.8 Å². The predicted octanol–water partition coefficient (Wildman–Crippen LogP) is 3.97. The van der Waals surface area contributed by atoms with E-state index in [1.165, 1.54) is 22.3 Å². The lowest BCUT2D eigenvalue weighted by Crippen LogP contribution is -2.24. The van der Waals surface area contributed by atoms with Gasteiger partial charge in [0.1, 0.15) is 5.75 Å². The van der Waals surface area contributed by atoms with Crippen molar-refractivity contribution in [3.8, 4) is 16.9 Å². The van der Waals surface area contributed by atoms with Gasteiger partial charge in [-0.3, -0.25) is 0 Å². The molecule has 0 amide bonds. The van der Waals surface area contributed by atoms with E-state index in [-0.39, 0.29) is 0 Å². The van der Waals surface area contributed by atoms with Crippen LogP contribution in [0.3, 0.4) is 0 Å². The highest BCUT2D eigenvalue weighted by Crippen LogP contribution is 2.37. The Kier molecular flexibility index (Phi) is 3.68. The van der Waals surface area contributed by atoms with Crippen LogP contribution in [-0.2, 0) is 13.0 Å². The van der Waals surface area contributed by atoms with Gasteiger partial charge in [0, 0.05) is 17.1 Å². The Labute approximate surface area is 124 Å². The molecule has 0 saturated heterocycles. The molecule has 0 aromatic heterocycles. The number of fused-ring (bicyclic) bond motifs is 1.